The van der Waals surface area contributed by atoms with E-state index in [2.05, 4.69) is 36.0 Å². The molecule has 0 aromatic carbocycles. The average Bonchev–Trinajstić information content (AvgIpc) is 3.64. The molecule has 0 spiro atoms. The third-order valence-electron chi connectivity index (χ3n) is 8.73. The Morgan fingerprint density at radius 1 is 1.14 bits per heavy atom. The van der Waals surface area contributed by atoms with Gasteiger partial charge in [0, 0.05) is 48.7 Å². The zero-order valence-electron chi connectivity index (χ0n) is 22.6. The van der Waals surface area contributed by atoms with Crippen LogP contribution in [-0.4, -0.2) is 89.9 Å². The van der Waals surface area contributed by atoms with Crippen molar-refractivity contribution in [1.82, 2.24) is 39.5 Å². The van der Waals surface area contributed by atoms with E-state index >= 15 is 0 Å². The summed E-state index contributed by atoms with van der Waals surface area (Å²) in [5.74, 6) is -2.46. The molecule has 15 heteroatoms. The normalized spacial score (nSPS) is 23.6. The fraction of sp³-hybridized carbons (Fsp3) is 0.429. The van der Waals surface area contributed by atoms with Crippen LogP contribution in [0.4, 0.5) is 17.6 Å². The number of halogens is 4. The zero-order chi connectivity index (χ0) is 29.9. The van der Waals surface area contributed by atoms with Gasteiger partial charge in [-0.2, -0.15) is 23.5 Å². The van der Waals surface area contributed by atoms with Crippen molar-refractivity contribution in [3.05, 3.63) is 60.3 Å². The lowest BCUT2D eigenvalue weighted by atomic mass is 9.81. The van der Waals surface area contributed by atoms with Crippen molar-refractivity contribution >= 4 is 16.9 Å². The number of amides is 1. The average molecular weight is 596 g/mol. The Hall–Kier alpha value is -4.42. The molecule has 11 nitrogen and oxygen atoms in total. The Labute approximate surface area is 242 Å². The van der Waals surface area contributed by atoms with Crippen LogP contribution < -0.4 is 0 Å². The first-order valence-corrected chi connectivity index (χ1v) is 13.8. The van der Waals surface area contributed by atoms with Gasteiger partial charge in [0.25, 0.3) is 5.91 Å². The van der Waals surface area contributed by atoms with E-state index in [0.717, 1.165) is 28.9 Å². The highest BCUT2D eigenvalue weighted by Crippen LogP contribution is 2.41. The number of nitrogens with zero attached hydrogens (tertiary/aromatic N) is 8. The number of alkyl halides is 3. The number of hydrogen-bond donors (Lipinski definition) is 1. The second-order valence-electron chi connectivity index (χ2n) is 11.3. The first kappa shape index (κ1) is 27.4. The van der Waals surface area contributed by atoms with Crippen LogP contribution in [0.2, 0.25) is 0 Å². The Morgan fingerprint density at radius 2 is 1.91 bits per heavy atom. The Bertz CT molecular complexity index is 1730. The molecule has 2 unspecified atom stereocenters. The van der Waals surface area contributed by atoms with E-state index in [9.17, 15) is 27.6 Å². The summed E-state index contributed by atoms with van der Waals surface area (Å²) in [6.07, 6.45) is 3.93. The lowest BCUT2D eigenvalue weighted by molar-refractivity contribution is -0.143. The third-order valence-corrected chi connectivity index (χ3v) is 8.73. The van der Waals surface area contributed by atoms with E-state index in [-0.39, 0.29) is 25.7 Å². The highest BCUT2D eigenvalue weighted by Gasteiger charge is 2.52. The van der Waals surface area contributed by atoms with E-state index in [1.807, 2.05) is 16.9 Å². The van der Waals surface area contributed by atoms with Gasteiger partial charge in [0.2, 0.25) is 0 Å². The van der Waals surface area contributed by atoms with Crippen LogP contribution in [-0.2, 0) is 16.5 Å². The highest BCUT2D eigenvalue weighted by molar-refractivity contribution is 5.95. The number of H-pyrrole nitrogens is 1. The number of aromatic amines is 1. The molecule has 43 heavy (non-hydrogen) atoms. The lowest BCUT2D eigenvalue weighted by Crippen LogP contribution is -2.69. The molecule has 1 N–H and O–H groups in total. The number of piperidine rings is 1. The van der Waals surface area contributed by atoms with Gasteiger partial charge in [0.05, 0.1) is 55.2 Å². The van der Waals surface area contributed by atoms with E-state index in [1.165, 1.54) is 11.2 Å². The molecule has 4 aromatic rings. The first-order chi connectivity index (χ1) is 20.7. The molecule has 3 saturated heterocycles. The van der Waals surface area contributed by atoms with E-state index in [4.69, 9.17) is 4.74 Å². The first-order valence-electron chi connectivity index (χ1n) is 13.8. The maximum Gasteiger partial charge on any atom is 0.436 e. The second-order valence-corrected chi connectivity index (χ2v) is 11.3. The minimum atomic E-state index is -5.02. The van der Waals surface area contributed by atoms with Gasteiger partial charge >= 0.3 is 6.18 Å². The maximum absolute atomic E-state index is 14.8. The van der Waals surface area contributed by atoms with E-state index in [1.54, 1.807) is 12.4 Å². The van der Waals surface area contributed by atoms with Crippen molar-refractivity contribution < 1.29 is 27.1 Å². The summed E-state index contributed by atoms with van der Waals surface area (Å²) < 4.78 is 62.0. The predicted molar refractivity (Wildman–Crippen MR) is 142 cm³/mol. The SMILES string of the molecule is N#CCC1(n2cc(-c3ncnc4[nH]ccc34)cn2)CN(C2CC3COCC(C2)N3C(=O)c2ccnc(C(F)(F)F)c2F)C1. The standard InChI is InChI=1S/C28H25F4N9O2/c29-22-20(1-5-34-24(22)28(30,31)32)26(42)41-18-7-17(8-19(41)12-43-11-18)39-13-27(14-39,3-4-33)40-10-16(9-38-40)23-21-2-6-35-25(21)37-15-36-23/h1-2,5-6,9-10,15,17-19H,3,7-8,11-14H2,(H,35,36,37). The predicted octanol–water partition coefficient (Wildman–Crippen LogP) is 3.37. The van der Waals surface area contributed by atoms with Gasteiger partial charge in [-0.05, 0) is 25.0 Å². The van der Waals surface area contributed by atoms with Crippen LogP contribution in [0.25, 0.3) is 22.3 Å². The van der Waals surface area contributed by atoms with Gasteiger partial charge in [-0.25, -0.2) is 19.3 Å². The van der Waals surface area contributed by atoms with Crippen LogP contribution in [0.5, 0.6) is 0 Å². The van der Waals surface area contributed by atoms with Crippen molar-refractivity contribution in [2.24, 2.45) is 0 Å². The summed E-state index contributed by atoms with van der Waals surface area (Å²) in [7, 11) is 0. The fourth-order valence-corrected chi connectivity index (χ4v) is 6.72. The van der Waals surface area contributed by atoms with Crippen molar-refractivity contribution in [2.75, 3.05) is 26.3 Å². The van der Waals surface area contributed by atoms with Gasteiger partial charge in [-0.15, -0.1) is 0 Å². The summed E-state index contributed by atoms with van der Waals surface area (Å²) in [6.45, 7) is 1.50. The van der Waals surface area contributed by atoms with Crippen LogP contribution in [0.1, 0.15) is 35.3 Å². The topological polar surface area (TPSA) is 129 Å². The zero-order valence-corrected chi connectivity index (χ0v) is 22.6. The van der Waals surface area contributed by atoms with Crippen molar-refractivity contribution in [3.8, 4) is 17.3 Å². The Balaban J connectivity index is 1.09. The van der Waals surface area contributed by atoms with Crippen LogP contribution in [0.15, 0.2) is 43.2 Å². The van der Waals surface area contributed by atoms with Crippen molar-refractivity contribution in [3.63, 3.8) is 0 Å². The van der Waals surface area contributed by atoms with E-state index in [0.29, 0.717) is 31.6 Å². The van der Waals surface area contributed by atoms with Gasteiger partial charge in [0.15, 0.2) is 11.5 Å². The molecule has 0 saturated carbocycles. The number of pyridine rings is 1. The third kappa shape index (κ3) is 4.52. The number of nitrogens with one attached hydrogen (secondary N) is 1. The molecule has 2 bridgehead atoms. The molecular formula is C28H25F4N9O2. The number of morpholine rings is 1. The molecule has 3 aliphatic rings. The lowest BCUT2D eigenvalue weighted by Gasteiger charge is -2.57. The summed E-state index contributed by atoms with van der Waals surface area (Å²) in [4.78, 5) is 32.0. The van der Waals surface area contributed by atoms with Crippen molar-refractivity contribution in [2.45, 2.75) is 49.1 Å². The van der Waals surface area contributed by atoms with Crippen LogP contribution in [0.3, 0.4) is 0 Å². The Kier molecular flexibility index (Phi) is 6.44. The number of ether oxygens (including phenoxy) is 1. The van der Waals surface area contributed by atoms with Gasteiger partial charge in [-0.3, -0.25) is 14.4 Å². The molecule has 4 aromatic heterocycles. The number of likely N-dealkylation sites (tertiary alicyclic amines) is 1. The van der Waals surface area contributed by atoms with E-state index < -0.39 is 46.8 Å². The van der Waals surface area contributed by atoms with Crippen LogP contribution >= 0.6 is 0 Å². The second kappa shape index (κ2) is 10.1. The number of rotatable bonds is 5. The molecular weight excluding hydrogens is 570 g/mol. The summed E-state index contributed by atoms with van der Waals surface area (Å²) in [5, 5.41) is 15.2. The van der Waals surface area contributed by atoms with Gasteiger partial charge < -0.3 is 14.6 Å². The number of hydrogen-bond acceptors (Lipinski definition) is 8. The monoisotopic (exact) mass is 595 g/mol. The fourth-order valence-electron chi connectivity index (χ4n) is 6.72. The minimum Gasteiger partial charge on any atom is -0.377 e. The summed E-state index contributed by atoms with van der Waals surface area (Å²) >= 11 is 0. The number of nitriles is 1. The largest absolute Gasteiger partial charge is 0.436 e. The maximum atomic E-state index is 14.8. The molecule has 7 rings (SSSR count). The smallest absolute Gasteiger partial charge is 0.377 e. The Morgan fingerprint density at radius 3 is 2.63 bits per heavy atom. The van der Waals surface area contributed by atoms with Gasteiger partial charge in [-0.1, -0.05) is 0 Å². The van der Waals surface area contributed by atoms with Crippen molar-refractivity contribution in [1.29, 1.82) is 5.26 Å². The molecule has 2 atom stereocenters. The molecule has 7 heterocycles. The summed E-state index contributed by atoms with van der Waals surface area (Å²) in [5.41, 5.74) is -0.653. The van der Waals surface area contributed by atoms with Gasteiger partial charge in [0.1, 0.15) is 17.5 Å². The molecule has 1 amide bonds. The molecule has 222 valence electrons. The summed E-state index contributed by atoms with van der Waals surface area (Å²) in [6, 6.07) is 4.35. The molecule has 3 fully saturated rings. The molecule has 0 aliphatic carbocycles. The number of carbonyl (C=O) groups excluding carboxylic acids is 1. The highest BCUT2D eigenvalue weighted by atomic mass is 19.4. The van der Waals surface area contributed by atoms with Crippen LogP contribution in [0, 0.1) is 17.1 Å². The molecule has 3 aliphatic heterocycles. The number of carbonyl (C=O) groups is 1. The number of aromatic nitrogens is 6. The quantitative estimate of drug-likeness (QED) is 0.348. The minimum absolute atomic E-state index is 0.0409. The number of fused-ring (bicyclic) bond motifs is 3. The molecule has 0 radical (unpaired) electrons.